The van der Waals surface area contributed by atoms with E-state index in [1.54, 1.807) is 0 Å². The van der Waals surface area contributed by atoms with Crippen LogP contribution < -0.4 is 0 Å². The number of likely N-dealkylation sites (tertiary alicyclic amines) is 1. The Bertz CT molecular complexity index is 258. The van der Waals surface area contributed by atoms with E-state index in [4.69, 9.17) is 0 Å². The molecule has 0 saturated carbocycles. The standard InChI is InChI=1S/C11H19NO2S/c1-8-4-9(13)12(10(14)5-8)6-11(2,3)7-15/h8,15H,4-7H2,1-3H3. The average Bonchev–Trinajstić information content (AvgIpc) is 2.11. The van der Waals surface area contributed by atoms with Gasteiger partial charge in [0.15, 0.2) is 0 Å². The van der Waals surface area contributed by atoms with Gasteiger partial charge in [0.05, 0.1) is 0 Å². The van der Waals surface area contributed by atoms with E-state index in [-0.39, 0.29) is 23.1 Å². The fourth-order valence-corrected chi connectivity index (χ4v) is 1.78. The van der Waals surface area contributed by atoms with Crippen LogP contribution in [-0.2, 0) is 9.59 Å². The third-order valence-electron chi connectivity index (χ3n) is 2.66. The van der Waals surface area contributed by atoms with E-state index in [1.807, 2.05) is 20.8 Å². The summed E-state index contributed by atoms with van der Waals surface area (Å²) >= 11 is 4.23. The number of carbonyl (C=O) groups is 2. The largest absolute Gasteiger partial charge is 0.282 e. The number of hydrogen-bond acceptors (Lipinski definition) is 3. The number of nitrogens with zero attached hydrogens (tertiary/aromatic N) is 1. The molecule has 0 aromatic carbocycles. The molecule has 0 radical (unpaired) electrons. The molecule has 1 rings (SSSR count). The fraction of sp³-hybridized carbons (Fsp3) is 0.818. The van der Waals surface area contributed by atoms with Gasteiger partial charge in [-0.2, -0.15) is 12.6 Å². The SMILES string of the molecule is CC1CC(=O)N(CC(C)(C)CS)C(=O)C1. The molecular weight excluding hydrogens is 210 g/mol. The Morgan fingerprint density at radius 3 is 2.20 bits per heavy atom. The zero-order valence-corrected chi connectivity index (χ0v) is 10.5. The van der Waals surface area contributed by atoms with Crippen LogP contribution in [0.4, 0.5) is 0 Å². The minimum Gasteiger partial charge on any atom is -0.282 e. The maximum Gasteiger partial charge on any atom is 0.229 e. The van der Waals surface area contributed by atoms with Gasteiger partial charge in [-0.05, 0) is 17.1 Å². The summed E-state index contributed by atoms with van der Waals surface area (Å²) in [6, 6.07) is 0. The number of thiol groups is 1. The van der Waals surface area contributed by atoms with Gasteiger partial charge in [0.2, 0.25) is 11.8 Å². The van der Waals surface area contributed by atoms with E-state index >= 15 is 0 Å². The lowest BCUT2D eigenvalue weighted by Gasteiger charge is -2.34. The summed E-state index contributed by atoms with van der Waals surface area (Å²) < 4.78 is 0. The number of rotatable bonds is 3. The van der Waals surface area contributed by atoms with Crippen LogP contribution >= 0.6 is 12.6 Å². The van der Waals surface area contributed by atoms with Crippen molar-refractivity contribution in [2.24, 2.45) is 11.3 Å². The van der Waals surface area contributed by atoms with Crippen LogP contribution in [-0.4, -0.2) is 29.0 Å². The van der Waals surface area contributed by atoms with Crippen LogP contribution in [0, 0.1) is 11.3 Å². The number of carbonyl (C=O) groups excluding carboxylic acids is 2. The Morgan fingerprint density at radius 2 is 1.80 bits per heavy atom. The Kier molecular flexibility index (Phi) is 3.82. The van der Waals surface area contributed by atoms with Crippen molar-refractivity contribution < 1.29 is 9.59 Å². The lowest BCUT2D eigenvalue weighted by molar-refractivity contribution is -0.151. The minimum absolute atomic E-state index is 0.0337. The van der Waals surface area contributed by atoms with Gasteiger partial charge < -0.3 is 0 Å². The van der Waals surface area contributed by atoms with Gasteiger partial charge in [0.25, 0.3) is 0 Å². The third kappa shape index (κ3) is 3.23. The maximum absolute atomic E-state index is 11.7. The third-order valence-corrected chi connectivity index (χ3v) is 3.52. The molecule has 0 aromatic heterocycles. The van der Waals surface area contributed by atoms with Crippen molar-refractivity contribution >= 4 is 24.4 Å². The highest BCUT2D eigenvalue weighted by atomic mass is 32.1. The second-order valence-corrected chi connectivity index (χ2v) is 5.53. The van der Waals surface area contributed by atoms with Crippen LogP contribution in [0.2, 0.25) is 0 Å². The van der Waals surface area contributed by atoms with Gasteiger partial charge >= 0.3 is 0 Å². The highest BCUT2D eigenvalue weighted by Gasteiger charge is 2.33. The monoisotopic (exact) mass is 229 g/mol. The van der Waals surface area contributed by atoms with E-state index in [9.17, 15) is 9.59 Å². The molecule has 0 N–H and O–H groups in total. The molecule has 3 nitrogen and oxygen atoms in total. The van der Waals surface area contributed by atoms with Crippen LogP contribution in [0.25, 0.3) is 0 Å². The number of imide groups is 1. The molecule has 1 aliphatic heterocycles. The Labute approximate surface area is 96.6 Å². The predicted octanol–water partition coefficient (Wildman–Crippen LogP) is 1.73. The number of hydrogen-bond donors (Lipinski definition) is 1. The van der Waals surface area contributed by atoms with Gasteiger partial charge in [0.1, 0.15) is 0 Å². The summed E-state index contributed by atoms with van der Waals surface area (Å²) in [6.45, 7) is 6.45. The smallest absolute Gasteiger partial charge is 0.229 e. The van der Waals surface area contributed by atoms with Crippen molar-refractivity contribution in [2.75, 3.05) is 12.3 Å². The summed E-state index contributed by atoms with van der Waals surface area (Å²) in [4.78, 5) is 24.8. The van der Waals surface area contributed by atoms with Crippen molar-refractivity contribution in [1.82, 2.24) is 4.90 Å². The summed E-state index contributed by atoms with van der Waals surface area (Å²) in [6.07, 6.45) is 0.989. The molecule has 1 saturated heterocycles. The first kappa shape index (κ1) is 12.6. The summed E-state index contributed by atoms with van der Waals surface area (Å²) in [5.41, 5.74) is -0.102. The van der Waals surface area contributed by atoms with Crippen molar-refractivity contribution in [2.45, 2.75) is 33.6 Å². The molecule has 86 valence electrons. The zero-order chi connectivity index (χ0) is 11.6. The quantitative estimate of drug-likeness (QED) is 0.591. The van der Waals surface area contributed by atoms with E-state index < -0.39 is 0 Å². The van der Waals surface area contributed by atoms with Crippen LogP contribution in [0.1, 0.15) is 33.6 Å². The Morgan fingerprint density at radius 1 is 1.33 bits per heavy atom. The molecule has 4 heteroatoms. The molecule has 0 aliphatic carbocycles. The first-order chi connectivity index (χ1) is 6.85. The second kappa shape index (κ2) is 4.56. The second-order valence-electron chi connectivity index (χ2n) is 5.21. The molecular formula is C11H19NO2S. The summed E-state index contributed by atoms with van der Waals surface area (Å²) in [7, 11) is 0. The highest BCUT2D eigenvalue weighted by Crippen LogP contribution is 2.24. The first-order valence-electron chi connectivity index (χ1n) is 5.30. The summed E-state index contributed by atoms with van der Waals surface area (Å²) in [5.74, 6) is 0.794. The van der Waals surface area contributed by atoms with Crippen molar-refractivity contribution in [3.05, 3.63) is 0 Å². The average molecular weight is 229 g/mol. The van der Waals surface area contributed by atoms with Gasteiger partial charge in [0, 0.05) is 19.4 Å². The van der Waals surface area contributed by atoms with E-state index in [0.717, 1.165) is 0 Å². The van der Waals surface area contributed by atoms with E-state index in [0.29, 0.717) is 25.1 Å². The van der Waals surface area contributed by atoms with Gasteiger partial charge in [-0.25, -0.2) is 0 Å². The summed E-state index contributed by atoms with van der Waals surface area (Å²) in [5, 5.41) is 0. The highest BCUT2D eigenvalue weighted by molar-refractivity contribution is 7.80. The molecule has 1 heterocycles. The molecule has 0 spiro atoms. The van der Waals surface area contributed by atoms with Crippen LogP contribution in [0.3, 0.4) is 0 Å². The lowest BCUT2D eigenvalue weighted by Crippen LogP contribution is -2.47. The molecule has 0 atom stereocenters. The molecule has 0 unspecified atom stereocenters. The van der Waals surface area contributed by atoms with Crippen molar-refractivity contribution in [1.29, 1.82) is 0 Å². The van der Waals surface area contributed by atoms with E-state index in [1.165, 1.54) is 4.90 Å². The maximum atomic E-state index is 11.7. The molecule has 0 bridgehead atoms. The van der Waals surface area contributed by atoms with Crippen LogP contribution in [0.15, 0.2) is 0 Å². The normalized spacial score (nSPS) is 19.9. The topological polar surface area (TPSA) is 37.4 Å². The Balaban J connectivity index is 2.69. The van der Waals surface area contributed by atoms with Crippen molar-refractivity contribution in [3.63, 3.8) is 0 Å². The van der Waals surface area contributed by atoms with Crippen molar-refractivity contribution in [3.8, 4) is 0 Å². The lowest BCUT2D eigenvalue weighted by atomic mass is 9.92. The predicted molar refractivity (Wildman–Crippen MR) is 62.8 cm³/mol. The van der Waals surface area contributed by atoms with E-state index in [2.05, 4.69) is 12.6 Å². The molecule has 1 fully saturated rings. The molecule has 15 heavy (non-hydrogen) atoms. The zero-order valence-electron chi connectivity index (χ0n) is 9.62. The Hall–Kier alpha value is -0.510. The van der Waals surface area contributed by atoms with Gasteiger partial charge in [-0.15, -0.1) is 0 Å². The number of piperidine rings is 1. The van der Waals surface area contributed by atoms with Gasteiger partial charge in [-0.1, -0.05) is 20.8 Å². The molecule has 1 aliphatic rings. The minimum atomic E-state index is -0.102. The number of amides is 2. The molecule has 2 amide bonds. The molecule has 0 aromatic rings. The first-order valence-corrected chi connectivity index (χ1v) is 5.93. The fourth-order valence-electron chi connectivity index (χ4n) is 1.68. The van der Waals surface area contributed by atoms with Gasteiger partial charge in [-0.3, -0.25) is 14.5 Å². The van der Waals surface area contributed by atoms with Crippen LogP contribution in [0.5, 0.6) is 0 Å².